The van der Waals surface area contributed by atoms with Crippen LogP contribution in [0.25, 0.3) is 0 Å². The molecule has 0 radical (unpaired) electrons. The number of sulfonamides is 1. The van der Waals surface area contributed by atoms with Crippen LogP contribution < -0.4 is 10.2 Å². The minimum Gasteiger partial charge on any atom is -0.489 e. The average Bonchev–Trinajstić information content (AvgIpc) is 2.92. The molecule has 0 aliphatic heterocycles. The number of carbonyl (C=O) groups is 1. The molecule has 194 valence electrons. The van der Waals surface area contributed by atoms with Crippen molar-refractivity contribution in [3.8, 4) is 5.75 Å². The SMILES string of the molecule is O=C(CN(C1CCCCC1)S(=O)(=O)c1ccc(Br)cc1)N/N=C\c1cccc(OCc2ccccc2)c1. The fourth-order valence-electron chi connectivity index (χ4n) is 4.30. The largest absolute Gasteiger partial charge is 0.489 e. The van der Waals surface area contributed by atoms with Gasteiger partial charge >= 0.3 is 0 Å². The Morgan fingerprint density at radius 2 is 1.73 bits per heavy atom. The zero-order valence-corrected chi connectivity index (χ0v) is 22.8. The second-order valence-corrected chi connectivity index (χ2v) is 11.7. The molecule has 3 aromatic rings. The van der Waals surface area contributed by atoms with E-state index in [2.05, 4.69) is 26.5 Å². The Labute approximate surface area is 226 Å². The number of nitrogens with zero attached hydrogens (tertiary/aromatic N) is 2. The molecule has 4 rings (SSSR count). The predicted molar refractivity (Wildman–Crippen MR) is 148 cm³/mol. The molecule has 1 fully saturated rings. The molecular formula is C28H30BrN3O4S. The van der Waals surface area contributed by atoms with E-state index < -0.39 is 15.9 Å². The van der Waals surface area contributed by atoms with E-state index in [1.54, 1.807) is 24.3 Å². The van der Waals surface area contributed by atoms with Gasteiger partial charge in [0.1, 0.15) is 12.4 Å². The first-order chi connectivity index (χ1) is 17.9. The van der Waals surface area contributed by atoms with Crippen molar-refractivity contribution in [2.75, 3.05) is 6.54 Å². The number of hydrazone groups is 1. The summed E-state index contributed by atoms with van der Waals surface area (Å²) in [5.74, 6) is 0.196. The summed E-state index contributed by atoms with van der Waals surface area (Å²) < 4.78 is 34.9. The van der Waals surface area contributed by atoms with Gasteiger partial charge in [-0.2, -0.15) is 9.41 Å². The molecule has 0 atom stereocenters. The van der Waals surface area contributed by atoms with Crippen molar-refractivity contribution in [2.45, 2.75) is 49.6 Å². The van der Waals surface area contributed by atoms with Gasteiger partial charge in [0.25, 0.3) is 5.91 Å². The van der Waals surface area contributed by atoms with Crippen molar-refractivity contribution >= 4 is 38.1 Å². The monoisotopic (exact) mass is 583 g/mol. The van der Waals surface area contributed by atoms with Crippen molar-refractivity contribution in [2.24, 2.45) is 5.10 Å². The Morgan fingerprint density at radius 3 is 2.46 bits per heavy atom. The molecule has 0 saturated heterocycles. The third-order valence-corrected chi connectivity index (χ3v) is 8.65. The molecule has 1 aliphatic rings. The Kier molecular flexibility index (Phi) is 9.49. The van der Waals surface area contributed by atoms with E-state index in [1.165, 1.54) is 10.5 Å². The zero-order valence-electron chi connectivity index (χ0n) is 20.4. The molecular weight excluding hydrogens is 554 g/mol. The van der Waals surface area contributed by atoms with E-state index in [0.29, 0.717) is 12.4 Å². The second kappa shape index (κ2) is 13.0. The van der Waals surface area contributed by atoms with E-state index in [4.69, 9.17) is 4.74 Å². The molecule has 0 spiro atoms. The average molecular weight is 585 g/mol. The highest BCUT2D eigenvalue weighted by Crippen LogP contribution is 2.28. The minimum absolute atomic E-state index is 0.171. The van der Waals surface area contributed by atoms with Crippen LogP contribution in [-0.2, 0) is 21.4 Å². The van der Waals surface area contributed by atoms with Crippen LogP contribution in [0.5, 0.6) is 5.75 Å². The van der Waals surface area contributed by atoms with Crippen molar-refractivity contribution in [3.05, 3.63) is 94.5 Å². The normalized spacial score (nSPS) is 14.6. The lowest BCUT2D eigenvalue weighted by atomic mass is 9.95. The summed E-state index contributed by atoms with van der Waals surface area (Å²) in [7, 11) is -3.84. The van der Waals surface area contributed by atoms with E-state index >= 15 is 0 Å². The molecule has 1 amide bonds. The number of amides is 1. The summed E-state index contributed by atoms with van der Waals surface area (Å²) in [4.78, 5) is 13.0. The minimum atomic E-state index is -3.84. The molecule has 7 nitrogen and oxygen atoms in total. The molecule has 0 heterocycles. The maximum absolute atomic E-state index is 13.5. The summed E-state index contributed by atoms with van der Waals surface area (Å²) in [6.07, 6.45) is 5.96. The number of halogens is 1. The molecule has 1 aliphatic carbocycles. The number of hydrogen-bond acceptors (Lipinski definition) is 5. The van der Waals surface area contributed by atoms with E-state index in [9.17, 15) is 13.2 Å². The number of carbonyl (C=O) groups excluding carboxylic acids is 1. The molecule has 0 aromatic heterocycles. The molecule has 1 saturated carbocycles. The van der Waals surface area contributed by atoms with Crippen LogP contribution in [0.4, 0.5) is 0 Å². The topological polar surface area (TPSA) is 88.1 Å². The lowest BCUT2D eigenvalue weighted by Gasteiger charge is -2.32. The highest BCUT2D eigenvalue weighted by Gasteiger charge is 2.33. The summed E-state index contributed by atoms with van der Waals surface area (Å²) in [5.41, 5.74) is 4.30. The predicted octanol–water partition coefficient (Wildman–Crippen LogP) is 5.50. The molecule has 37 heavy (non-hydrogen) atoms. The van der Waals surface area contributed by atoms with Crippen molar-refractivity contribution in [1.29, 1.82) is 0 Å². The van der Waals surface area contributed by atoms with Gasteiger partial charge in [0.05, 0.1) is 17.7 Å². The Bertz CT molecular complexity index is 1310. The van der Waals surface area contributed by atoms with Gasteiger partial charge in [-0.05, 0) is 60.4 Å². The van der Waals surface area contributed by atoms with E-state index in [0.717, 1.165) is 47.7 Å². The van der Waals surface area contributed by atoms with Crippen LogP contribution in [0.3, 0.4) is 0 Å². The van der Waals surface area contributed by atoms with Gasteiger partial charge < -0.3 is 4.74 Å². The van der Waals surface area contributed by atoms with E-state index in [-0.39, 0.29) is 17.5 Å². The third-order valence-electron chi connectivity index (χ3n) is 6.21. The van der Waals surface area contributed by atoms with Crippen molar-refractivity contribution < 1.29 is 17.9 Å². The quantitative estimate of drug-likeness (QED) is 0.252. The van der Waals surface area contributed by atoms with Gasteiger partial charge in [-0.25, -0.2) is 13.8 Å². The first kappa shape index (κ1) is 27.0. The molecule has 0 bridgehead atoms. The molecule has 0 unspecified atom stereocenters. The first-order valence-corrected chi connectivity index (χ1v) is 14.5. The van der Waals surface area contributed by atoms with E-state index in [1.807, 2.05) is 54.6 Å². The number of nitrogens with one attached hydrogen (secondary N) is 1. The highest BCUT2D eigenvalue weighted by atomic mass is 79.9. The smallest absolute Gasteiger partial charge is 0.255 e. The number of benzene rings is 3. The van der Waals surface area contributed by atoms with Crippen LogP contribution in [-0.4, -0.2) is 37.4 Å². The standard InChI is InChI=1S/C28H30BrN3O4S/c29-24-14-16-27(17-15-24)37(34,35)32(25-11-5-2-6-12-25)20-28(33)31-30-19-23-10-7-13-26(18-23)36-21-22-8-3-1-4-9-22/h1,3-4,7-10,13-19,25H,2,5-6,11-12,20-21H2,(H,31,33)/b30-19-. The number of ether oxygens (including phenoxy) is 1. The van der Waals surface area contributed by atoms with Gasteiger partial charge in [-0.15, -0.1) is 0 Å². The van der Waals surface area contributed by atoms with Crippen LogP contribution in [0, 0.1) is 0 Å². The van der Waals surface area contributed by atoms with Gasteiger partial charge in [0.2, 0.25) is 10.0 Å². The summed E-state index contributed by atoms with van der Waals surface area (Å²) >= 11 is 3.34. The Balaban J connectivity index is 1.39. The number of rotatable bonds is 10. The van der Waals surface area contributed by atoms with Crippen molar-refractivity contribution in [3.63, 3.8) is 0 Å². The Morgan fingerprint density at radius 1 is 1.00 bits per heavy atom. The van der Waals surface area contributed by atoms with Gasteiger partial charge in [0.15, 0.2) is 0 Å². The zero-order chi connectivity index (χ0) is 26.1. The lowest BCUT2D eigenvalue weighted by Crippen LogP contribution is -2.46. The lowest BCUT2D eigenvalue weighted by molar-refractivity contribution is -0.121. The molecule has 1 N–H and O–H groups in total. The van der Waals surface area contributed by atoms with Gasteiger partial charge in [-0.3, -0.25) is 4.79 Å². The van der Waals surface area contributed by atoms with Crippen LogP contribution >= 0.6 is 15.9 Å². The Hall–Kier alpha value is -3.01. The summed E-state index contributed by atoms with van der Waals surface area (Å²) in [6, 6.07) is 23.5. The fraction of sp³-hybridized carbons (Fsp3) is 0.286. The van der Waals surface area contributed by atoms with Crippen LogP contribution in [0.2, 0.25) is 0 Å². The second-order valence-electron chi connectivity index (χ2n) is 8.94. The van der Waals surface area contributed by atoms with Gasteiger partial charge in [0, 0.05) is 10.5 Å². The number of hydrogen-bond donors (Lipinski definition) is 1. The van der Waals surface area contributed by atoms with Crippen LogP contribution in [0.1, 0.15) is 43.2 Å². The highest BCUT2D eigenvalue weighted by molar-refractivity contribution is 9.10. The maximum Gasteiger partial charge on any atom is 0.255 e. The van der Waals surface area contributed by atoms with Crippen LogP contribution in [0.15, 0.2) is 93.3 Å². The summed E-state index contributed by atoms with van der Waals surface area (Å²) in [5, 5.41) is 4.06. The fourth-order valence-corrected chi connectivity index (χ4v) is 6.21. The molecule has 3 aromatic carbocycles. The van der Waals surface area contributed by atoms with Gasteiger partial charge in [-0.1, -0.05) is 77.7 Å². The molecule has 9 heteroatoms. The first-order valence-electron chi connectivity index (χ1n) is 12.3. The van der Waals surface area contributed by atoms with Crippen molar-refractivity contribution in [1.82, 2.24) is 9.73 Å². The summed E-state index contributed by atoms with van der Waals surface area (Å²) in [6.45, 7) is 0.155. The maximum atomic E-state index is 13.5. The third kappa shape index (κ3) is 7.74.